The van der Waals surface area contributed by atoms with Crippen molar-refractivity contribution in [2.24, 2.45) is 5.73 Å². The number of carbonyl (C=O) groups is 1. The molecule has 0 aliphatic heterocycles. The number of halogens is 1. The van der Waals surface area contributed by atoms with E-state index >= 15 is 0 Å². The van der Waals surface area contributed by atoms with Gasteiger partial charge in [0.05, 0.1) is 13.0 Å². The Hall–Kier alpha value is -0.640. The third-order valence-electron chi connectivity index (χ3n) is 0.932. The number of nitrogens with two attached hydrogens (primary N) is 1. The number of hydrogen-bond donors (Lipinski definition) is 1. The molecule has 0 saturated carbocycles. The van der Waals surface area contributed by atoms with Crippen LogP contribution in [0.4, 0.5) is 4.39 Å². The quantitative estimate of drug-likeness (QED) is 0.582. The number of alkyl halides is 1. The fourth-order valence-corrected chi connectivity index (χ4v) is 0.489. The van der Waals surface area contributed by atoms with Crippen molar-refractivity contribution in [1.29, 1.82) is 0 Å². The molecule has 1 unspecified atom stereocenters. The van der Waals surface area contributed by atoms with Gasteiger partial charge in [0.25, 0.3) is 0 Å². The van der Waals surface area contributed by atoms with Gasteiger partial charge in [-0.1, -0.05) is 0 Å². The fraction of sp³-hybridized carbons (Fsp3) is 0.833. The van der Waals surface area contributed by atoms with Gasteiger partial charge in [-0.2, -0.15) is 0 Å². The Balaban J connectivity index is 3.37. The summed E-state index contributed by atoms with van der Waals surface area (Å²) < 4.78 is 16.2. The van der Waals surface area contributed by atoms with E-state index in [-0.39, 0.29) is 6.42 Å². The lowest BCUT2D eigenvalue weighted by Gasteiger charge is -2.04. The van der Waals surface area contributed by atoms with Gasteiger partial charge in [-0.15, -0.1) is 0 Å². The van der Waals surface area contributed by atoms with E-state index in [9.17, 15) is 9.18 Å². The number of ether oxygens (including phenoxy) is 1. The van der Waals surface area contributed by atoms with Crippen LogP contribution in [-0.4, -0.2) is 25.3 Å². The minimum atomic E-state index is -0.709. The van der Waals surface area contributed by atoms with Gasteiger partial charge >= 0.3 is 5.97 Å². The van der Waals surface area contributed by atoms with Gasteiger partial charge in [-0.3, -0.25) is 4.79 Å². The van der Waals surface area contributed by atoms with E-state index in [0.717, 1.165) is 0 Å². The summed E-state index contributed by atoms with van der Waals surface area (Å²) in [6.07, 6.45) is -0.0374. The van der Waals surface area contributed by atoms with Crippen LogP contribution in [0.5, 0.6) is 0 Å². The minimum absolute atomic E-state index is 0.0374. The minimum Gasteiger partial charge on any atom is -0.466 e. The second-order valence-corrected chi connectivity index (χ2v) is 1.92. The van der Waals surface area contributed by atoms with Crippen molar-refractivity contribution < 1.29 is 13.9 Å². The van der Waals surface area contributed by atoms with Crippen LogP contribution in [0.1, 0.15) is 13.3 Å². The van der Waals surface area contributed by atoms with Crippen molar-refractivity contribution in [3.05, 3.63) is 0 Å². The highest BCUT2D eigenvalue weighted by Crippen LogP contribution is 1.91. The average Bonchev–Trinajstić information content (AvgIpc) is 1.88. The monoisotopic (exact) mass is 149 g/mol. The number of esters is 1. The van der Waals surface area contributed by atoms with Crippen LogP contribution in [0, 0.1) is 0 Å². The predicted octanol–water partition coefficient (Wildman–Crippen LogP) is 0.236. The fourth-order valence-electron chi connectivity index (χ4n) is 0.489. The maximum absolute atomic E-state index is 11.7. The molecule has 0 spiro atoms. The summed E-state index contributed by atoms with van der Waals surface area (Å²) in [5, 5.41) is 0. The third-order valence-corrected chi connectivity index (χ3v) is 0.932. The van der Waals surface area contributed by atoms with Crippen LogP contribution >= 0.6 is 0 Å². The summed E-state index contributed by atoms with van der Waals surface area (Å²) in [5.74, 6) is -0.437. The molecule has 60 valence electrons. The van der Waals surface area contributed by atoms with E-state index in [4.69, 9.17) is 5.73 Å². The molecule has 0 rings (SSSR count). The zero-order valence-electron chi connectivity index (χ0n) is 5.97. The molecule has 0 aliphatic carbocycles. The van der Waals surface area contributed by atoms with Crippen LogP contribution in [0.25, 0.3) is 0 Å². The van der Waals surface area contributed by atoms with Gasteiger partial charge in [0.15, 0.2) is 0 Å². The SMILES string of the molecule is CCOC(=O)CC(N)CF. The molecule has 0 saturated heterocycles. The summed E-state index contributed by atoms with van der Waals surface area (Å²) >= 11 is 0. The average molecular weight is 149 g/mol. The Morgan fingerprint density at radius 1 is 1.80 bits per heavy atom. The molecule has 0 heterocycles. The third kappa shape index (κ3) is 4.26. The predicted molar refractivity (Wildman–Crippen MR) is 35.2 cm³/mol. The first-order valence-corrected chi connectivity index (χ1v) is 3.17. The zero-order chi connectivity index (χ0) is 7.98. The number of rotatable bonds is 4. The molecule has 0 aliphatic rings. The number of carbonyl (C=O) groups excluding carboxylic acids is 1. The second-order valence-electron chi connectivity index (χ2n) is 1.92. The zero-order valence-corrected chi connectivity index (χ0v) is 5.97. The molecule has 3 nitrogen and oxygen atoms in total. The first-order valence-electron chi connectivity index (χ1n) is 3.17. The molecule has 0 amide bonds. The molecule has 0 radical (unpaired) electrons. The van der Waals surface area contributed by atoms with Crippen molar-refractivity contribution in [1.82, 2.24) is 0 Å². The largest absolute Gasteiger partial charge is 0.466 e. The van der Waals surface area contributed by atoms with Gasteiger partial charge in [-0.25, -0.2) is 4.39 Å². The van der Waals surface area contributed by atoms with Crippen LogP contribution in [0.15, 0.2) is 0 Å². The molecular weight excluding hydrogens is 137 g/mol. The highest BCUT2D eigenvalue weighted by atomic mass is 19.1. The van der Waals surface area contributed by atoms with Gasteiger partial charge in [0, 0.05) is 6.04 Å². The summed E-state index contributed by atoms with van der Waals surface area (Å²) in [6.45, 7) is 1.33. The van der Waals surface area contributed by atoms with E-state index in [0.29, 0.717) is 6.61 Å². The van der Waals surface area contributed by atoms with E-state index in [2.05, 4.69) is 4.74 Å². The molecule has 0 bridgehead atoms. The van der Waals surface area contributed by atoms with Crippen molar-refractivity contribution >= 4 is 5.97 Å². The Bertz CT molecular complexity index is 108. The molecule has 1 atom stereocenters. The lowest BCUT2D eigenvalue weighted by atomic mass is 10.2. The first kappa shape index (κ1) is 9.36. The topological polar surface area (TPSA) is 52.3 Å². The van der Waals surface area contributed by atoms with Crippen molar-refractivity contribution in [2.45, 2.75) is 19.4 Å². The normalized spacial score (nSPS) is 12.7. The summed E-state index contributed by atoms with van der Waals surface area (Å²) in [7, 11) is 0. The highest BCUT2D eigenvalue weighted by Gasteiger charge is 2.08. The second kappa shape index (κ2) is 5.17. The Morgan fingerprint density at radius 3 is 2.80 bits per heavy atom. The van der Waals surface area contributed by atoms with Crippen molar-refractivity contribution in [3.63, 3.8) is 0 Å². The molecule has 0 fully saturated rings. The van der Waals surface area contributed by atoms with E-state index < -0.39 is 18.7 Å². The van der Waals surface area contributed by atoms with Crippen LogP contribution in [-0.2, 0) is 9.53 Å². The van der Waals surface area contributed by atoms with Gasteiger partial charge < -0.3 is 10.5 Å². The Morgan fingerprint density at radius 2 is 2.40 bits per heavy atom. The van der Waals surface area contributed by atoms with Crippen molar-refractivity contribution in [3.8, 4) is 0 Å². The molecule has 0 aromatic heterocycles. The number of hydrogen-bond acceptors (Lipinski definition) is 3. The van der Waals surface area contributed by atoms with E-state index in [1.807, 2.05) is 0 Å². The maximum atomic E-state index is 11.7. The lowest BCUT2D eigenvalue weighted by Crippen LogP contribution is -2.26. The first-order chi connectivity index (χ1) is 4.70. The van der Waals surface area contributed by atoms with E-state index in [1.54, 1.807) is 6.92 Å². The van der Waals surface area contributed by atoms with Crippen molar-refractivity contribution in [2.75, 3.05) is 13.3 Å². The molecule has 4 heteroatoms. The van der Waals surface area contributed by atoms with Gasteiger partial charge in [0.1, 0.15) is 6.67 Å². The van der Waals surface area contributed by atoms with Gasteiger partial charge in [0.2, 0.25) is 0 Å². The summed E-state index contributed by atoms with van der Waals surface area (Å²) in [6, 6.07) is -0.709. The maximum Gasteiger partial charge on any atom is 0.307 e. The van der Waals surface area contributed by atoms with Crippen LogP contribution in [0.2, 0.25) is 0 Å². The molecule has 2 N–H and O–H groups in total. The summed E-state index contributed by atoms with van der Waals surface area (Å²) in [5.41, 5.74) is 5.13. The van der Waals surface area contributed by atoms with Crippen LogP contribution < -0.4 is 5.73 Å². The van der Waals surface area contributed by atoms with E-state index in [1.165, 1.54) is 0 Å². The lowest BCUT2D eigenvalue weighted by molar-refractivity contribution is -0.143. The molecule has 0 aromatic carbocycles. The van der Waals surface area contributed by atoms with Crippen LogP contribution in [0.3, 0.4) is 0 Å². The summed E-state index contributed by atoms with van der Waals surface area (Å²) in [4.78, 5) is 10.5. The molecule has 0 aromatic rings. The van der Waals surface area contributed by atoms with Gasteiger partial charge in [-0.05, 0) is 6.92 Å². The Labute approximate surface area is 59.3 Å². The highest BCUT2D eigenvalue weighted by molar-refractivity contribution is 5.70. The molecule has 10 heavy (non-hydrogen) atoms. The standard InChI is InChI=1S/C6H12FNO2/c1-2-10-6(9)3-5(8)4-7/h5H,2-4,8H2,1H3. The smallest absolute Gasteiger partial charge is 0.307 e. The Kier molecular flexibility index (Phi) is 4.84. The molecular formula is C6H12FNO2.